The quantitative estimate of drug-likeness (QED) is 0.649. The summed E-state index contributed by atoms with van der Waals surface area (Å²) in [5.41, 5.74) is 1.53. The molecule has 1 aliphatic carbocycles. The van der Waals surface area contributed by atoms with Crippen molar-refractivity contribution >= 4 is 27.9 Å². The van der Waals surface area contributed by atoms with Gasteiger partial charge in [0.1, 0.15) is 12.1 Å². The Bertz CT molecular complexity index is 1100. The predicted octanol–water partition coefficient (Wildman–Crippen LogP) is 1.95. The van der Waals surface area contributed by atoms with Crippen molar-refractivity contribution in [1.29, 1.82) is 0 Å². The summed E-state index contributed by atoms with van der Waals surface area (Å²) in [4.78, 5) is 41.6. The van der Waals surface area contributed by atoms with Crippen molar-refractivity contribution in [2.45, 2.75) is 63.8 Å². The molecule has 1 N–H and O–H groups in total. The maximum atomic E-state index is 13.3. The van der Waals surface area contributed by atoms with Crippen LogP contribution in [0.15, 0.2) is 17.0 Å². The van der Waals surface area contributed by atoms with Crippen LogP contribution in [0.4, 0.5) is 4.79 Å². The largest absolute Gasteiger partial charge is 0.338 e. The number of hydrogen-bond donors (Lipinski definition) is 1. The fraction of sp³-hybridized carbons (Fsp3) is 0.625. The highest BCUT2D eigenvalue weighted by molar-refractivity contribution is 7.89. The van der Waals surface area contributed by atoms with Crippen LogP contribution in [0.25, 0.3) is 0 Å². The van der Waals surface area contributed by atoms with E-state index in [-0.39, 0.29) is 50.5 Å². The first-order valence-electron chi connectivity index (χ1n) is 12.0. The molecule has 2 saturated heterocycles. The molecule has 2 unspecified atom stereocenters. The van der Waals surface area contributed by atoms with E-state index in [4.69, 9.17) is 0 Å². The molecule has 0 radical (unpaired) electrons. The van der Waals surface area contributed by atoms with Crippen molar-refractivity contribution in [1.82, 2.24) is 19.4 Å². The fourth-order valence-electron chi connectivity index (χ4n) is 5.75. The normalized spacial score (nSPS) is 26.3. The number of nitrogens with one attached hydrogen (secondary N) is 1. The molecule has 4 amide bonds. The van der Waals surface area contributed by atoms with Crippen molar-refractivity contribution in [3.8, 4) is 0 Å². The molecule has 3 aliphatic rings. The molecular weight excluding hydrogens is 456 g/mol. The molecule has 2 aliphatic heterocycles. The average Bonchev–Trinajstić information content (AvgIpc) is 3.00. The van der Waals surface area contributed by atoms with Crippen LogP contribution < -0.4 is 5.32 Å². The molecule has 3 fully saturated rings. The maximum Gasteiger partial charge on any atom is 0.325 e. The van der Waals surface area contributed by atoms with Gasteiger partial charge >= 0.3 is 6.03 Å². The molecule has 1 aromatic rings. The van der Waals surface area contributed by atoms with E-state index in [1.165, 1.54) is 9.21 Å². The number of urea groups is 1. The monoisotopic (exact) mass is 490 g/mol. The molecule has 1 saturated carbocycles. The highest BCUT2D eigenvalue weighted by Crippen LogP contribution is 2.38. The summed E-state index contributed by atoms with van der Waals surface area (Å²) >= 11 is 0. The average molecular weight is 491 g/mol. The van der Waals surface area contributed by atoms with Crippen LogP contribution in [-0.4, -0.2) is 78.6 Å². The Balaban J connectivity index is 1.41. The van der Waals surface area contributed by atoms with Crippen LogP contribution >= 0.6 is 0 Å². The highest BCUT2D eigenvalue weighted by atomic mass is 32.2. The van der Waals surface area contributed by atoms with E-state index in [0.717, 1.165) is 29.7 Å². The number of rotatable bonds is 4. The van der Waals surface area contributed by atoms with Crippen LogP contribution in [0.5, 0.6) is 0 Å². The SMILES string of the molecule is Cc1cc(C)c(S(=O)(=O)N2CCN(C(=O)CN3C(=O)NC4(CCCCC4C)C3=O)CC2)c(C)c1. The van der Waals surface area contributed by atoms with Crippen molar-refractivity contribution < 1.29 is 22.8 Å². The number of imide groups is 1. The van der Waals surface area contributed by atoms with Gasteiger partial charge in [0.2, 0.25) is 15.9 Å². The third-order valence-electron chi connectivity index (χ3n) is 7.59. The third kappa shape index (κ3) is 4.11. The van der Waals surface area contributed by atoms with Crippen LogP contribution in [0.2, 0.25) is 0 Å². The number of nitrogens with zero attached hydrogens (tertiary/aromatic N) is 3. The van der Waals surface area contributed by atoms with E-state index in [9.17, 15) is 22.8 Å². The Hall–Kier alpha value is -2.46. The molecule has 2 heterocycles. The standard InChI is InChI=1S/C24H34N4O5S/c1-16-13-17(2)21(18(3)14-16)34(32,33)27-11-9-26(10-12-27)20(29)15-28-22(30)24(25-23(28)31)8-6-5-7-19(24)4/h13-14,19H,5-12,15H2,1-4H3,(H,25,31). The first kappa shape index (κ1) is 24.7. The van der Waals surface area contributed by atoms with E-state index in [1.54, 1.807) is 13.8 Å². The van der Waals surface area contributed by atoms with Crippen molar-refractivity contribution in [3.63, 3.8) is 0 Å². The lowest BCUT2D eigenvalue weighted by molar-refractivity contribution is -0.141. The zero-order valence-corrected chi connectivity index (χ0v) is 21.2. The summed E-state index contributed by atoms with van der Waals surface area (Å²) < 4.78 is 28.0. The lowest BCUT2D eigenvalue weighted by Crippen LogP contribution is -2.55. The van der Waals surface area contributed by atoms with Gasteiger partial charge in [0.05, 0.1) is 4.90 Å². The van der Waals surface area contributed by atoms with Gasteiger partial charge in [-0.25, -0.2) is 13.2 Å². The number of piperazine rings is 1. The van der Waals surface area contributed by atoms with Gasteiger partial charge in [-0.2, -0.15) is 4.31 Å². The zero-order valence-electron chi connectivity index (χ0n) is 20.4. The van der Waals surface area contributed by atoms with Crippen molar-refractivity contribution in [3.05, 3.63) is 28.8 Å². The van der Waals surface area contributed by atoms with Gasteiger partial charge in [-0.05, 0) is 50.7 Å². The fourth-order valence-corrected chi connectivity index (χ4v) is 7.59. The molecule has 4 rings (SSSR count). The molecule has 9 nitrogen and oxygen atoms in total. The van der Waals surface area contributed by atoms with E-state index < -0.39 is 21.6 Å². The minimum Gasteiger partial charge on any atom is -0.338 e. The van der Waals surface area contributed by atoms with Gasteiger partial charge in [0, 0.05) is 26.2 Å². The van der Waals surface area contributed by atoms with Gasteiger partial charge in [-0.3, -0.25) is 14.5 Å². The van der Waals surface area contributed by atoms with Crippen LogP contribution in [0.1, 0.15) is 49.3 Å². The van der Waals surface area contributed by atoms with Gasteiger partial charge in [0.25, 0.3) is 5.91 Å². The molecule has 0 bridgehead atoms. The summed E-state index contributed by atoms with van der Waals surface area (Å²) in [6, 6.07) is 3.20. The lowest BCUT2D eigenvalue weighted by atomic mass is 9.73. The van der Waals surface area contributed by atoms with Gasteiger partial charge in [0.15, 0.2) is 0 Å². The highest BCUT2D eigenvalue weighted by Gasteiger charge is 2.55. The summed E-state index contributed by atoms with van der Waals surface area (Å²) in [5, 5.41) is 2.87. The van der Waals surface area contributed by atoms with Crippen LogP contribution in [-0.2, 0) is 19.6 Å². The summed E-state index contributed by atoms with van der Waals surface area (Å²) in [5.74, 6) is -0.631. The zero-order chi connectivity index (χ0) is 24.8. The van der Waals surface area contributed by atoms with Crippen LogP contribution in [0.3, 0.4) is 0 Å². The Kier molecular flexibility index (Phi) is 6.50. The Labute approximate surface area is 201 Å². The number of amides is 4. The van der Waals surface area contributed by atoms with E-state index in [1.807, 2.05) is 26.0 Å². The second kappa shape index (κ2) is 8.96. The smallest absolute Gasteiger partial charge is 0.325 e. The number of carbonyl (C=O) groups is 3. The minimum atomic E-state index is -3.69. The predicted molar refractivity (Wildman–Crippen MR) is 127 cm³/mol. The lowest BCUT2D eigenvalue weighted by Gasteiger charge is -2.37. The summed E-state index contributed by atoms with van der Waals surface area (Å²) in [7, 11) is -3.69. The summed E-state index contributed by atoms with van der Waals surface area (Å²) in [6.45, 7) is 7.95. The number of sulfonamides is 1. The molecular formula is C24H34N4O5S. The number of benzene rings is 1. The number of aryl methyl sites for hydroxylation is 3. The second-order valence-corrected chi connectivity index (χ2v) is 11.8. The topological polar surface area (TPSA) is 107 Å². The van der Waals surface area contributed by atoms with Gasteiger partial charge in [-0.15, -0.1) is 0 Å². The molecule has 1 spiro atoms. The Morgan fingerprint density at radius 1 is 1.06 bits per heavy atom. The molecule has 1 aromatic carbocycles. The van der Waals surface area contributed by atoms with Crippen molar-refractivity contribution in [2.24, 2.45) is 5.92 Å². The molecule has 10 heteroatoms. The molecule has 186 valence electrons. The Morgan fingerprint density at radius 2 is 1.68 bits per heavy atom. The van der Waals surface area contributed by atoms with Gasteiger partial charge in [-0.1, -0.05) is 37.5 Å². The minimum absolute atomic E-state index is 0.0280. The van der Waals surface area contributed by atoms with E-state index in [0.29, 0.717) is 22.4 Å². The Morgan fingerprint density at radius 3 is 2.26 bits per heavy atom. The third-order valence-corrected chi connectivity index (χ3v) is 9.79. The van der Waals surface area contributed by atoms with Crippen molar-refractivity contribution in [2.75, 3.05) is 32.7 Å². The maximum absolute atomic E-state index is 13.3. The molecule has 34 heavy (non-hydrogen) atoms. The second-order valence-electron chi connectivity index (χ2n) is 9.95. The number of hydrogen-bond acceptors (Lipinski definition) is 5. The van der Waals surface area contributed by atoms with E-state index >= 15 is 0 Å². The van der Waals surface area contributed by atoms with E-state index in [2.05, 4.69) is 5.32 Å². The summed E-state index contributed by atoms with van der Waals surface area (Å²) in [6.07, 6.45) is 3.36. The first-order chi connectivity index (χ1) is 16.0. The van der Waals surface area contributed by atoms with Crippen LogP contribution in [0, 0.1) is 26.7 Å². The molecule has 0 aromatic heterocycles. The molecule has 2 atom stereocenters. The number of carbonyl (C=O) groups excluding carboxylic acids is 3. The first-order valence-corrected chi connectivity index (χ1v) is 13.4. The van der Waals surface area contributed by atoms with Gasteiger partial charge < -0.3 is 10.2 Å².